The fourth-order valence-electron chi connectivity index (χ4n) is 10.8. The largest absolute Gasteiger partial charge is 0.368 e. The highest BCUT2D eigenvalue weighted by atomic mass is 16.3. The van der Waals surface area contributed by atoms with Crippen LogP contribution in [0, 0.1) is 0 Å². The van der Waals surface area contributed by atoms with Crippen LogP contribution in [0.5, 0.6) is 0 Å². The molecule has 1 atom stereocenters. The van der Waals surface area contributed by atoms with Gasteiger partial charge in [-0.25, -0.2) is 9.36 Å². The summed E-state index contributed by atoms with van der Waals surface area (Å²) in [7, 11) is 0. The number of hydrogen-bond acceptors (Lipinski definition) is 2. The summed E-state index contributed by atoms with van der Waals surface area (Å²) in [6, 6.07) is 74.4. The first-order valence-electron chi connectivity index (χ1n) is 22.0. The minimum Gasteiger partial charge on any atom is -0.368 e. The summed E-state index contributed by atoms with van der Waals surface area (Å²) < 4.78 is 10.2. The molecule has 1 N–H and O–H groups in total. The van der Waals surface area contributed by atoms with Crippen LogP contribution in [0.4, 0.5) is 0 Å². The van der Waals surface area contributed by atoms with Gasteiger partial charge in [0.25, 0.3) is 5.56 Å². The average molecular weight is 836 g/mol. The third-order valence-corrected chi connectivity index (χ3v) is 13.6. The van der Waals surface area contributed by atoms with Crippen molar-refractivity contribution in [3.8, 4) is 45.0 Å². The van der Waals surface area contributed by atoms with Crippen molar-refractivity contribution in [1.29, 1.82) is 0 Å². The Morgan fingerprint density at radius 2 is 0.815 bits per heavy atom. The fourth-order valence-corrected chi connectivity index (χ4v) is 10.8. The lowest BCUT2D eigenvalue weighted by atomic mass is 10.0. The molecule has 0 bridgehead atoms. The summed E-state index contributed by atoms with van der Waals surface area (Å²) in [5, 5.41) is 17.5. The molecule has 7 heteroatoms. The summed E-state index contributed by atoms with van der Waals surface area (Å²) in [6.45, 7) is 0. The van der Waals surface area contributed by atoms with Gasteiger partial charge in [-0.05, 0) is 107 Å². The summed E-state index contributed by atoms with van der Waals surface area (Å²) in [6.07, 6.45) is -1.12. The molecule has 1 unspecified atom stereocenters. The molecule has 0 fully saturated rings. The van der Waals surface area contributed by atoms with Crippen molar-refractivity contribution in [2.24, 2.45) is 0 Å². The molecular weight excluding hydrogens is 799 g/mol. The van der Waals surface area contributed by atoms with Gasteiger partial charge in [-0.3, -0.25) is 4.79 Å². The molecule has 13 aromatic rings. The van der Waals surface area contributed by atoms with Crippen LogP contribution in [0.3, 0.4) is 0 Å². The third-order valence-electron chi connectivity index (χ3n) is 13.6. The molecule has 4 aromatic heterocycles. The number of hydrogen-bond donors (Lipinski definition) is 1. The van der Waals surface area contributed by atoms with E-state index in [0.29, 0.717) is 11.1 Å². The Morgan fingerprint density at radius 3 is 1.45 bits per heavy atom. The van der Waals surface area contributed by atoms with E-state index in [1.807, 2.05) is 57.8 Å². The Labute approximate surface area is 371 Å². The van der Waals surface area contributed by atoms with Crippen molar-refractivity contribution in [2.75, 3.05) is 0 Å². The second-order valence-electron chi connectivity index (χ2n) is 17.0. The molecule has 0 saturated heterocycles. The summed E-state index contributed by atoms with van der Waals surface area (Å²) >= 11 is 0. The van der Waals surface area contributed by atoms with Crippen molar-refractivity contribution in [3.63, 3.8) is 0 Å². The second kappa shape index (κ2) is 13.4. The second-order valence-corrected chi connectivity index (χ2v) is 17.0. The zero-order valence-corrected chi connectivity index (χ0v) is 34.9. The Morgan fingerprint density at radius 1 is 0.354 bits per heavy atom. The smallest absolute Gasteiger partial charge is 0.294 e. The molecule has 5 heterocycles. The van der Waals surface area contributed by atoms with Crippen LogP contribution in [0.25, 0.3) is 111 Å². The number of aliphatic hydroxyl groups excluding tert-OH is 1. The van der Waals surface area contributed by atoms with E-state index in [-0.39, 0.29) is 5.56 Å². The minimum atomic E-state index is -1.12. The van der Waals surface area contributed by atoms with Gasteiger partial charge in [0.15, 0.2) is 6.23 Å². The van der Waals surface area contributed by atoms with Crippen LogP contribution < -0.4 is 5.56 Å². The van der Waals surface area contributed by atoms with Crippen LogP contribution in [-0.4, -0.2) is 28.2 Å². The third kappa shape index (κ3) is 5.01. The predicted octanol–water partition coefficient (Wildman–Crippen LogP) is 13.1. The van der Waals surface area contributed by atoms with Crippen molar-refractivity contribution in [2.45, 2.75) is 6.23 Å². The molecule has 0 radical (unpaired) electrons. The maximum Gasteiger partial charge on any atom is 0.294 e. The molecule has 1 aliphatic heterocycles. The zero-order valence-electron chi connectivity index (χ0n) is 34.9. The molecule has 0 saturated carbocycles. The number of benzene rings is 9. The van der Waals surface area contributed by atoms with Crippen LogP contribution in [0.15, 0.2) is 217 Å². The molecule has 65 heavy (non-hydrogen) atoms. The average Bonchev–Trinajstić information content (AvgIpc) is 4.14. The number of aliphatic hydroxyl groups is 1. The Kier molecular flexibility index (Phi) is 7.41. The van der Waals surface area contributed by atoms with Gasteiger partial charge < -0.3 is 18.8 Å². The number of para-hydroxylation sites is 5. The van der Waals surface area contributed by atoms with Crippen LogP contribution >= 0.6 is 0 Å². The molecule has 0 amide bonds. The van der Waals surface area contributed by atoms with E-state index < -0.39 is 6.23 Å². The van der Waals surface area contributed by atoms with Gasteiger partial charge in [0.1, 0.15) is 11.0 Å². The Bertz CT molecular complexity index is 4170. The normalized spacial score (nSPS) is 13.5. The maximum absolute atomic E-state index is 14.4. The van der Waals surface area contributed by atoms with E-state index >= 15 is 0 Å². The number of rotatable bonds is 5. The highest BCUT2D eigenvalue weighted by molar-refractivity contribution is 6.13. The van der Waals surface area contributed by atoms with Crippen molar-refractivity contribution >= 4 is 65.5 Å². The van der Waals surface area contributed by atoms with Gasteiger partial charge in [0.2, 0.25) is 0 Å². The van der Waals surface area contributed by atoms with Gasteiger partial charge in [-0.2, -0.15) is 0 Å². The topological polar surface area (TPSA) is 62.0 Å². The van der Waals surface area contributed by atoms with E-state index in [1.54, 1.807) is 0 Å². The quantitative estimate of drug-likeness (QED) is 0.188. The first kappa shape index (κ1) is 35.9. The number of aromatic nitrogens is 5. The number of fused-ring (bicyclic) bond motifs is 13. The van der Waals surface area contributed by atoms with Crippen molar-refractivity contribution in [3.05, 3.63) is 228 Å². The van der Waals surface area contributed by atoms with E-state index in [1.165, 1.54) is 42.8 Å². The first-order valence-corrected chi connectivity index (χ1v) is 22.0. The SMILES string of the molecule is O=c1c2c(c3ccccc3n2-c2ccccc2)n2n1C(O)c1ccc(-c3cccc(-n4c5ccccc5c5cc(-c6ccc7c(c6)c6ccccc6n7-c6ccccc6)ccc54)c3)cc1-2. The van der Waals surface area contributed by atoms with Gasteiger partial charge in [0.05, 0.1) is 33.3 Å². The standard InChI is InChI=1S/C58H37N5O2/c64-57-46-29-26-39(35-54(46)62-55-45-22-9-12-25-51(45)61(41-17-5-2-6-18-41)56(55)58(65)63(57)62)36-14-13-19-42(32-36)60-50-24-11-8-21-44(50)48-34-38(28-31-53(48)60)37-27-30-52-47(33-37)43-20-7-10-23-49(43)59(52)40-15-3-1-4-16-40/h1-35,57,64H. The van der Waals surface area contributed by atoms with E-state index in [0.717, 1.165) is 66.9 Å². The number of nitrogens with zero attached hydrogens (tertiary/aromatic N) is 5. The Balaban J connectivity index is 0.895. The maximum atomic E-state index is 14.4. The van der Waals surface area contributed by atoms with Gasteiger partial charge in [-0.15, -0.1) is 0 Å². The summed E-state index contributed by atoms with van der Waals surface area (Å²) in [5.41, 5.74) is 15.6. The molecule has 7 nitrogen and oxygen atoms in total. The van der Waals surface area contributed by atoms with E-state index in [9.17, 15) is 9.90 Å². The van der Waals surface area contributed by atoms with Crippen LogP contribution in [0.1, 0.15) is 11.8 Å². The molecule has 0 aliphatic carbocycles. The Hall–Kier alpha value is -8.65. The van der Waals surface area contributed by atoms with Crippen LogP contribution in [0.2, 0.25) is 0 Å². The van der Waals surface area contributed by atoms with Crippen LogP contribution in [-0.2, 0) is 0 Å². The molecular formula is C58H37N5O2. The van der Waals surface area contributed by atoms with E-state index in [4.69, 9.17) is 0 Å². The van der Waals surface area contributed by atoms with Crippen molar-refractivity contribution < 1.29 is 5.11 Å². The lowest BCUT2D eigenvalue weighted by molar-refractivity contribution is 0.135. The van der Waals surface area contributed by atoms with Gasteiger partial charge in [-0.1, -0.05) is 127 Å². The van der Waals surface area contributed by atoms with Gasteiger partial charge >= 0.3 is 0 Å². The highest BCUT2D eigenvalue weighted by Crippen LogP contribution is 2.42. The molecule has 9 aromatic carbocycles. The van der Waals surface area contributed by atoms with Gasteiger partial charge in [0, 0.05) is 49.6 Å². The lowest BCUT2D eigenvalue weighted by Crippen LogP contribution is -2.23. The minimum absolute atomic E-state index is 0.238. The molecule has 0 spiro atoms. The fraction of sp³-hybridized carbons (Fsp3) is 0.0172. The van der Waals surface area contributed by atoms with E-state index in [2.05, 4.69) is 173 Å². The summed E-state index contributed by atoms with van der Waals surface area (Å²) in [5.74, 6) is 0. The lowest BCUT2D eigenvalue weighted by Gasteiger charge is -2.12. The predicted molar refractivity (Wildman–Crippen MR) is 264 cm³/mol. The summed E-state index contributed by atoms with van der Waals surface area (Å²) in [4.78, 5) is 14.4. The molecule has 14 rings (SSSR count). The first-order chi connectivity index (χ1) is 32.1. The zero-order chi connectivity index (χ0) is 42.9. The molecule has 306 valence electrons. The highest BCUT2D eigenvalue weighted by Gasteiger charge is 2.34. The molecule has 1 aliphatic rings. The monoisotopic (exact) mass is 835 g/mol. The van der Waals surface area contributed by atoms with Crippen molar-refractivity contribution in [1.82, 2.24) is 23.1 Å².